The van der Waals surface area contributed by atoms with E-state index in [1.807, 2.05) is 38.1 Å². The van der Waals surface area contributed by atoms with Crippen molar-refractivity contribution in [3.05, 3.63) is 94.5 Å². The quantitative estimate of drug-likeness (QED) is 0.495. The summed E-state index contributed by atoms with van der Waals surface area (Å²) in [6.07, 6.45) is 0.165. The summed E-state index contributed by atoms with van der Waals surface area (Å²) in [4.78, 5) is 12.6. The molecular formula is C28H25NO2. The van der Waals surface area contributed by atoms with Crippen LogP contribution in [0.3, 0.4) is 0 Å². The molecule has 1 fully saturated rings. The highest BCUT2D eigenvalue weighted by molar-refractivity contribution is 5.83. The second-order valence-electron chi connectivity index (χ2n) is 9.58. The third-order valence-electron chi connectivity index (χ3n) is 7.34. The number of esters is 1. The number of hydrogen-bond donors (Lipinski definition) is 0. The molecule has 1 heterocycles. The number of carbonyl (C=O) groups excluding carboxylic acids is 1. The normalized spacial score (nSPS) is 25.5. The number of benzene rings is 3. The van der Waals surface area contributed by atoms with Crippen LogP contribution in [-0.4, -0.2) is 5.97 Å². The zero-order valence-corrected chi connectivity index (χ0v) is 18.3. The standard InChI is InChI=1S/C28H25NO2/c1-18-8-7-9-20(14-18)28(17-29)27(4,16-25(30)31-28)19-12-13-24-22(15-19)21-10-5-6-11-23(21)26(24,2)3/h5-15H,16H2,1-4H3/t27?,28-/m0/s1. The van der Waals surface area contributed by atoms with Crippen LogP contribution < -0.4 is 0 Å². The number of rotatable bonds is 2. The molecule has 0 N–H and O–H groups in total. The van der Waals surface area contributed by atoms with Crippen molar-refractivity contribution in [2.75, 3.05) is 0 Å². The van der Waals surface area contributed by atoms with E-state index < -0.39 is 11.0 Å². The lowest BCUT2D eigenvalue weighted by Crippen LogP contribution is -2.43. The molecule has 0 amide bonds. The van der Waals surface area contributed by atoms with Crippen molar-refractivity contribution in [1.82, 2.24) is 0 Å². The summed E-state index contributed by atoms with van der Waals surface area (Å²) in [6.45, 7) is 8.45. The maximum Gasteiger partial charge on any atom is 0.308 e. The van der Waals surface area contributed by atoms with E-state index in [-0.39, 0.29) is 17.8 Å². The molecule has 0 bridgehead atoms. The first-order valence-electron chi connectivity index (χ1n) is 10.7. The summed E-state index contributed by atoms with van der Waals surface area (Å²) in [5, 5.41) is 10.4. The van der Waals surface area contributed by atoms with Gasteiger partial charge < -0.3 is 4.74 Å². The van der Waals surface area contributed by atoms with Gasteiger partial charge in [-0.25, -0.2) is 0 Å². The maximum absolute atomic E-state index is 12.6. The topological polar surface area (TPSA) is 50.1 Å². The number of nitrogens with zero attached hydrogens (tertiary/aromatic N) is 1. The Hall–Kier alpha value is -3.38. The second-order valence-corrected chi connectivity index (χ2v) is 9.58. The number of cyclic esters (lactones) is 1. The van der Waals surface area contributed by atoms with Gasteiger partial charge in [-0.15, -0.1) is 0 Å². The molecule has 3 aromatic rings. The highest BCUT2D eigenvalue weighted by Gasteiger charge is 2.61. The molecule has 3 heteroatoms. The number of fused-ring (bicyclic) bond motifs is 3. The summed E-state index contributed by atoms with van der Waals surface area (Å²) < 4.78 is 5.84. The molecule has 1 saturated heterocycles. The van der Waals surface area contributed by atoms with Gasteiger partial charge in [-0.2, -0.15) is 5.26 Å². The molecule has 3 aromatic carbocycles. The van der Waals surface area contributed by atoms with E-state index in [0.717, 1.165) is 16.7 Å². The average molecular weight is 408 g/mol. The van der Waals surface area contributed by atoms with E-state index in [4.69, 9.17) is 4.74 Å². The fourth-order valence-corrected chi connectivity index (χ4v) is 5.55. The molecule has 2 aliphatic rings. The van der Waals surface area contributed by atoms with Crippen LogP contribution in [0.2, 0.25) is 0 Å². The molecule has 2 atom stereocenters. The van der Waals surface area contributed by atoms with E-state index in [1.165, 1.54) is 22.3 Å². The van der Waals surface area contributed by atoms with Crippen molar-refractivity contribution in [3.63, 3.8) is 0 Å². The fourth-order valence-electron chi connectivity index (χ4n) is 5.55. The van der Waals surface area contributed by atoms with Crippen LogP contribution in [-0.2, 0) is 26.0 Å². The first-order chi connectivity index (χ1) is 14.7. The first-order valence-corrected chi connectivity index (χ1v) is 10.7. The van der Waals surface area contributed by atoms with Gasteiger partial charge in [0.2, 0.25) is 5.60 Å². The van der Waals surface area contributed by atoms with E-state index in [2.05, 4.69) is 62.4 Å². The van der Waals surface area contributed by atoms with Crippen molar-refractivity contribution in [2.24, 2.45) is 0 Å². The average Bonchev–Trinajstić information content (AvgIpc) is 3.16. The van der Waals surface area contributed by atoms with Gasteiger partial charge in [-0.05, 0) is 41.7 Å². The Kier molecular flexibility index (Phi) is 3.98. The van der Waals surface area contributed by atoms with Crippen LogP contribution in [0.25, 0.3) is 11.1 Å². The predicted octanol–water partition coefficient (Wildman–Crippen LogP) is 5.93. The molecule has 1 unspecified atom stereocenters. The molecule has 0 aromatic heterocycles. The molecule has 154 valence electrons. The molecule has 1 aliphatic carbocycles. The number of hydrogen-bond acceptors (Lipinski definition) is 3. The minimum Gasteiger partial charge on any atom is -0.438 e. The Labute approximate surface area is 183 Å². The molecule has 0 radical (unpaired) electrons. The molecule has 0 saturated carbocycles. The minimum atomic E-state index is -1.36. The van der Waals surface area contributed by atoms with Crippen molar-refractivity contribution in [3.8, 4) is 17.2 Å². The molecule has 3 nitrogen and oxygen atoms in total. The number of carbonyl (C=O) groups is 1. The number of nitriles is 1. The molecule has 31 heavy (non-hydrogen) atoms. The lowest BCUT2D eigenvalue weighted by Gasteiger charge is -2.37. The smallest absolute Gasteiger partial charge is 0.308 e. The van der Waals surface area contributed by atoms with Gasteiger partial charge in [-0.1, -0.05) is 86.1 Å². The van der Waals surface area contributed by atoms with Crippen molar-refractivity contribution in [2.45, 2.75) is 50.5 Å². The lowest BCUT2D eigenvalue weighted by molar-refractivity contribution is -0.146. The van der Waals surface area contributed by atoms with Crippen LogP contribution in [0.4, 0.5) is 0 Å². The van der Waals surface area contributed by atoms with Gasteiger partial charge in [-0.3, -0.25) is 4.79 Å². The largest absolute Gasteiger partial charge is 0.438 e. The summed E-state index contributed by atoms with van der Waals surface area (Å²) in [7, 11) is 0. The SMILES string of the molecule is Cc1cccc([C@]2(C#N)OC(=O)CC2(C)c2ccc3c(c2)-c2ccccc2C3(C)C)c1. The molecule has 1 aliphatic heterocycles. The zero-order valence-electron chi connectivity index (χ0n) is 18.3. The minimum absolute atomic E-state index is 0.0871. The Balaban J connectivity index is 1.74. The lowest BCUT2D eigenvalue weighted by atomic mass is 9.65. The Morgan fingerprint density at radius 2 is 1.61 bits per heavy atom. The first kappa shape index (κ1) is 19.6. The number of ether oxygens (including phenoxy) is 1. The third kappa shape index (κ3) is 2.48. The summed E-state index contributed by atoms with van der Waals surface area (Å²) in [5.74, 6) is -0.341. The maximum atomic E-state index is 12.6. The van der Waals surface area contributed by atoms with Crippen LogP contribution in [0.15, 0.2) is 66.7 Å². The summed E-state index contributed by atoms with van der Waals surface area (Å²) in [5.41, 5.74) is 5.42. The van der Waals surface area contributed by atoms with E-state index in [0.29, 0.717) is 0 Å². The molecule has 5 rings (SSSR count). The van der Waals surface area contributed by atoms with Gasteiger partial charge in [0, 0.05) is 11.0 Å². The highest BCUT2D eigenvalue weighted by Crippen LogP contribution is 2.55. The van der Waals surface area contributed by atoms with Gasteiger partial charge in [0.05, 0.1) is 11.8 Å². The Morgan fingerprint density at radius 3 is 2.35 bits per heavy atom. The van der Waals surface area contributed by atoms with Gasteiger partial charge >= 0.3 is 5.97 Å². The summed E-state index contributed by atoms with van der Waals surface area (Å²) >= 11 is 0. The van der Waals surface area contributed by atoms with Crippen molar-refractivity contribution >= 4 is 5.97 Å². The van der Waals surface area contributed by atoms with Crippen LogP contribution in [0, 0.1) is 18.3 Å². The van der Waals surface area contributed by atoms with Crippen LogP contribution >= 0.6 is 0 Å². The van der Waals surface area contributed by atoms with Crippen molar-refractivity contribution in [1.29, 1.82) is 5.26 Å². The van der Waals surface area contributed by atoms with Crippen molar-refractivity contribution < 1.29 is 9.53 Å². The second kappa shape index (κ2) is 6.31. The molecular weight excluding hydrogens is 382 g/mol. The predicted molar refractivity (Wildman–Crippen MR) is 121 cm³/mol. The van der Waals surface area contributed by atoms with Crippen LogP contribution in [0.1, 0.15) is 55.0 Å². The highest BCUT2D eigenvalue weighted by atomic mass is 16.6. The number of aryl methyl sites for hydroxylation is 1. The van der Waals surface area contributed by atoms with Crippen LogP contribution in [0.5, 0.6) is 0 Å². The zero-order chi connectivity index (χ0) is 22.0. The van der Waals surface area contributed by atoms with E-state index >= 15 is 0 Å². The van der Waals surface area contributed by atoms with E-state index in [9.17, 15) is 10.1 Å². The fraction of sp³-hybridized carbons (Fsp3) is 0.286. The van der Waals surface area contributed by atoms with Gasteiger partial charge in [0.15, 0.2) is 0 Å². The molecule has 0 spiro atoms. The monoisotopic (exact) mass is 407 g/mol. The Bertz CT molecular complexity index is 1280. The third-order valence-corrected chi connectivity index (χ3v) is 7.34. The van der Waals surface area contributed by atoms with Gasteiger partial charge in [0.1, 0.15) is 6.07 Å². The summed E-state index contributed by atoms with van der Waals surface area (Å²) in [6, 6.07) is 25.0. The van der Waals surface area contributed by atoms with Gasteiger partial charge in [0.25, 0.3) is 0 Å². The van der Waals surface area contributed by atoms with E-state index in [1.54, 1.807) is 0 Å². The Morgan fingerprint density at radius 1 is 0.871 bits per heavy atom.